The normalized spacial score (nSPS) is 10.8. The summed E-state index contributed by atoms with van der Waals surface area (Å²) < 4.78 is 13.5. The molecule has 1 aromatic heterocycles. The van der Waals surface area contributed by atoms with Crippen LogP contribution in [-0.4, -0.2) is 9.97 Å². The van der Waals surface area contributed by atoms with Gasteiger partial charge in [-0.3, -0.25) is 0 Å². The molecular weight excluding hydrogens is 270 g/mol. The van der Waals surface area contributed by atoms with E-state index in [0.29, 0.717) is 0 Å². The predicted octanol–water partition coefficient (Wildman–Crippen LogP) is 2.64. The third kappa shape index (κ3) is 1.31. The number of benzene rings is 1. The van der Waals surface area contributed by atoms with E-state index in [9.17, 15) is 4.39 Å². The van der Waals surface area contributed by atoms with Crippen molar-refractivity contribution in [2.75, 3.05) is 0 Å². The number of halogens is 2. The summed E-state index contributed by atoms with van der Waals surface area (Å²) in [6, 6.07) is 4.55. The Kier molecular flexibility index (Phi) is 2.00. The minimum absolute atomic E-state index is 0.230. The lowest BCUT2D eigenvalue weighted by Gasteiger charge is -1.86. The lowest BCUT2D eigenvalue weighted by molar-refractivity contribution is 0.629. The van der Waals surface area contributed by atoms with Gasteiger partial charge in [0.05, 0.1) is 15.5 Å². The molecule has 0 bridgehead atoms. The SMILES string of the molecule is Fc1ccc2nc(CI)[nH]c2c1. The molecule has 2 aromatic rings. The largest absolute Gasteiger partial charge is 0.341 e. The fourth-order valence-electron chi connectivity index (χ4n) is 1.10. The second-order valence-electron chi connectivity index (χ2n) is 2.48. The zero-order valence-electron chi connectivity index (χ0n) is 6.14. The van der Waals surface area contributed by atoms with Gasteiger partial charge in [0, 0.05) is 0 Å². The van der Waals surface area contributed by atoms with Gasteiger partial charge in [0.15, 0.2) is 0 Å². The number of fused-ring (bicyclic) bond motifs is 1. The van der Waals surface area contributed by atoms with Crippen molar-refractivity contribution in [2.45, 2.75) is 4.43 Å². The van der Waals surface area contributed by atoms with Gasteiger partial charge in [-0.15, -0.1) is 0 Å². The van der Waals surface area contributed by atoms with Crippen LogP contribution >= 0.6 is 22.6 Å². The Bertz CT molecular complexity index is 410. The Labute approximate surface area is 82.3 Å². The highest BCUT2D eigenvalue weighted by molar-refractivity contribution is 14.1. The van der Waals surface area contributed by atoms with Crippen LogP contribution < -0.4 is 0 Å². The number of H-pyrrole nitrogens is 1. The maximum Gasteiger partial charge on any atom is 0.125 e. The van der Waals surface area contributed by atoms with Crippen LogP contribution in [0.5, 0.6) is 0 Å². The summed E-state index contributed by atoms with van der Waals surface area (Å²) in [7, 11) is 0. The van der Waals surface area contributed by atoms with Crippen LogP contribution in [0.25, 0.3) is 11.0 Å². The molecule has 0 spiro atoms. The van der Waals surface area contributed by atoms with E-state index in [0.717, 1.165) is 21.3 Å². The second-order valence-corrected chi connectivity index (χ2v) is 3.24. The molecule has 0 atom stereocenters. The maximum absolute atomic E-state index is 12.7. The topological polar surface area (TPSA) is 28.7 Å². The van der Waals surface area contributed by atoms with E-state index in [4.69, 9.17) is 0 Å². The standard InChI is InChI=1S/C8H6FIN2/c9-5-1-2-6-7(3-5)12-8(4-10)11-6/h1-3H,4H2,(H,11,12). The molecular formula is C8H6FIN2. The molecule has 12 heavy (non-hydrogen) atoms. The van der Waals surface area contributed by atoms with Gasteiger partial charge in [0.25, 0.3) is 0 Å². The van der Waals surface area contributed by atoms with E-state index in [1.54, 1.807) is 6.07 Å². The van der Waals surface area contributed by atoms with E-state index in [1.165, 1.54) is 12.1 Å². The first-order valence-electron chi connectivity index (χ1n) is 3.50. The summed E-state index contributed by atoms with van der Waals surface area (Å²) in [4.78, 5) is 7.27. The Morgan fingerprint density at radius 3 is 3.08 bits per heavy atom. The average molecular weight is 276 g/mol. The summed E-state index contributed by atoms with van der Waals surface area (Å²) in [6.45, 7) is 0. The van der Waals surface area contributed by atoms with Gasteiger partial charge in [0.1, 0.15) is 11.6 Å². The minimum Gasteiger partial charge on any atom is -0.341 e. The molecule has 0 saturated heterocycles. The summed E-state index contributed by atoms with van der Waals surface area (Å²) in [6.07, 6.45) is 0. The molecule has 0 aliphatic carbocycles. The van der Waals surface area contributed by atoms with Gasteiger partial charge < -0.3 is 4.98 Å². The van der Waals surface area contributed by atoms with Crippen molar-refractivity contribution in [1.29, 1.82) is 0 Å². The van der Waals surface area contributed by atoms with Crippen LogP contribution in [0.1, 0.15) is 5.82 Å². The summed E-state index contributed by atoms with van der Waals surface area (Å²) >= 11 is 2.21. The third-order valence-corrected chi connectivity index (χ3v) is 2.34. The highest BCUT2D eigenvalue weighted by atomic mass is 127. The van der Waals surface area contributed by atoms with Crippen LogP contribution in [0, 0.1) is 5.82 Å². The first kappa shape index (κ1) is 7.97. The lowest BCUT2D eigenvalue weighted by atomic mass is 10.3. The zero-order valence-corrected chi connectivity index (χ0v) is 8.30. The van der Waals surface area contributed by atoms with Gasteiger partial charge in [-0.1, -0.05) is 22.6 Å². The number of aromatic nitrogens is 2. The molecule has 62 valence electrons. The van der Waals surface area contributed by atoms with Crippen molar-refractivity contribution < 1.29 is 4.39 Å². The number of aromatic amines is 1. The second kappa shape index (κ2) is 3.01. The Hall–Kier alpha value is -0.650. The van der Waals surface area contributed by atoms with Crippen LogP contribution in [0.4, 0.5) is 4.39 Å². The Balaban J connectivity index is 2.67. The molecule has 1 N–H and O–H groups in total. The predicted molar refractivity (Wildman–Crippen MR) is 53.8 cm³/mol. The number of hydrogen-bond donors (Lipinski definition) is 1. The van der Waals surface area contributed by atoms with Gasteiger partial charge in [-0.25, -0.2) is 9.37 Å². The Morgan fingerprint density at radius 2 is 2.33 bits per heavy atom. The van der Waals surface area contributed by atoms with E-state index >= 15 is 0 Å². The number of nitrogens with zero attached hydrogens (tertiary/aromatic N) is 1. The van der Waals surface area contributed by atoms with Crippen molar-refractivity contribution in [2.24, 2.45) is 0 Å². The van der Waals surface area contributed by atoms with E-state index in [1.807, 2.05) is 0 Å². The van der Waals surface area contributed by atoms with Crippen LogP contribution in [-0.2, 0) is 4.43 Å². The quantitative estimate of drug-likeness (QED) is 0.629. The Morgan fingerprint density at radius 1 is 1.50 bits per heavy atom. The van der Waals surface area contributed by atoms with Crippen molar-refractivity contribution >= 4 is 33.6 Å². The molecule has 0 unspecified atom stereocenters. The molecule has 4 heteroatoms. The van der Waals surface area contributed by atoms with Crippen molar-refractivity contribution in [3.63, 3.8) is 0 Å². The van der Waals surface area contributed by atoms with Gasteiger partial charge in [-0.05, 0) is 18.2 Å². The average Bonchev–Trinajstić information content (AvgIpc) is 2.46. The molecule has 0 aliphatic heterocycles. The first-order valence-corrected chi connectivity index (χ1v) is 5.02. The van der Waals surface area contributed by atoms with Crippen LogP contribution in [0.15, 0.2) is 18.2 Å². The maximum atomic E-state index is 12.7. The molecule has 0 fully saturated rings. The van der Waals surface area contributed by atoms with Crippen molar-refractivity contribution in [1.82, 2.24) is 9.97 Å². The summed E-state index contributed by atoms with van der Waals surface area (Å²) in [5.41, 5.74) is 1.59. The number of alkyl halides is 1. The summed E-state index contributed by atoms with van der Waals surface area (Å²) in [5, 5.41) is 0. The number of imidazole rings is 1. The molecule has 2 rings (SSSR count). The van der Waals surface area contributed by atoms with E-state index in [-0.39, 0.29) is 5.82 Å². The summed E-state index contributed by atoms with van der Waals surface area (Å²) in [5.74, 6) is 0.655. The lowest BCUT2D eigenvalue weighted by Crippen LogP contribution is -1.76. The van der Waals surface area contributed by atoms with Crippen LogP contribution in [0.3, 0.4) is 0 Å². The monoisotopic (exact) mass is 276 g/mol. The molecule has 0 saturated carbocycles. The van der Waals surface area contributed by atoms with Gasteiger partial charge >= 0.3 is 0 Å². The molecule has 0 amide bonds. The first-order chi connectivity index (χ1) is 5.79. The van der Waals surface area contributed by atoms with Crippen molar-refractivity contribution in [3.05, 3.63) is 29.8 Å². The number of hydrogen-bond acceptors (Lipinski definition) is 1. The number of rotatable bonds is 1. The van der Waals surface area contributed by atoms with Crippen LogP contribution in [0.2, 0.25) is 0 Å². The zero-order chi connectivity index (χ0) is 8.55. The molecule has 2 nitrogen and oxygen atoms in total. The minimum atomic E-state index is -0.230. The molecule has 1 heterocycles. The number of nitrogens with one attached hydrogen (secondary N) is 1. The fraction of sp³-hybridized carbons (Fsp3) is 0.125. The smallest absolute Gasteiger partial charge is 0.125 e. The molecule has 1 aromatic carbocycles. The van der Waals surface area contributed by atoms with Gasteiger partial charge in [-0.2, -0.15) is 0 Å². The van der Waals surface area contributed by atoms with E-state index in [2.05, 4.69) is 32.6 Å². The highest BCUT2D eigenvalue weighted by Crippen LogP contribution is 2.13. The molecule has 0 aliphatic rings. The molecule has 0 radical (unpaired) electrons. The van der Waals surface area contributed by atoms with Crippen molar-refractivity contribution in [3.8, 4) is 0 Å². The fourth-order valence-corrected chi connectivity index (χ4v) is 1.46. The third-order valence-electron chi connectivity index (χ3n) is 1.62. The van der Waals surface area contributed by atoms with Gasteiger partial charge in [0.2, 0.25) is 0 Å². The highest BCUT2D eigenvalue weighted by Gasteiger charge is 2.01. The van der Waals surface area contributed by atoms with E-state index < -0.39 is 0 Å².